The van der Waals surface area contributed by atoms with Gasteiger partial charge in [0, 0.05) is 0 Å². The van der Waals surface area contributed by atoms with E-state index < -0.39 is 11.9 Å². The lowest BCUT2D eigenvalue weighted by molar-refractivity contribution is -0.135. The zero-order valence-electron chi connectivity index (χ0n) is 20.5. The van der Waals surface area contributed by atoms with Crippen LogP contribution < -0.4 is 18.9 Å². The maximum absolute atomic E-state index is 12.7. The van der Waals surface area contributed by atoms with Gasteiger partial charge in [-0.05, 0) is 82.8 Å². The summed E-state index contributed by atoms with van der Waals surface area (Å²) in [7, 11) is 4.54. The molecule has 184 valence electrons. The van der Waals surface area contributed by atoms with Crippen molar-refractivity contribution >= 4 is 29.2 Å². The van der Waals surface area contributed by atoms with Gasteiger partial charge in [0.15, 0.2) is 11.5 Å². The Morgan fingerprint density at radius 1 is 0.861 bits per heavy atom. The Kier molecular flexibility index (Phi) is 7.10. The summed E-state index contributed by atoms with van der Waals surface area (Å²) in [4.78, 5) is 24.2. The minimum atomic E-state index is -0.910. The number of ether oxygens (including phenoxy) is 4. The van der Waals surface area contributed by atoms with Crippen molar-refractivity contribution in [2.45, 2.75) is 13.3 Å². The topological polar surface area (TPSA) is 91.3 Å². The second-order valence-corrected chi connectivity index (χ2v) is 8.15. The van der Waals surface area contributed by atoms with Gasteiger partial charge in [-0.25, -0.2) is 4.79 Å². The first-order valence-electron chi connectivity index (χ1n) is 11.2. The molecule has 36 heavy (non-hydrogen) atoms. The van der Waals surface area contributed by atoms with Crippen LogP contribution in [-0.2, 0) is 4.79 Å². The molecule has 0 bridgehead atoms. The molecule has 0 aliphatic heterocycles. The van der Waals surface area contributed by atoms with Gasteiger partial charge in [-0.15, -0.1) is 0 Å². The van der Waals surface area contributed by atoms with Crippen LogP contribution in [0.5, 0.6) is 23.0 Å². The molecule has 7 nitrogen and oxygen atoms in total. The molecule has 0 atom stereocenters. The summed E-state index contributed by atoms with van der Waals surface area (Å²) in [5.41, 5.74) is 5.33. The van der Waals surface area contributed by atoms with E-state index in [4.69, 9.17) is 18.9 Å². The minimum absolute atomic E-state index is 0.107. The standard InChI is InChI=1S/C29H26O7/c1-17-22(21-11-10-20(33-2)15-24(21)23(17)16-27(30)31)12-18-13-25(34-3)28(26(14-18)35-4)36-29(32)19-8-6-5-7-9-19/h5-15H,16H2,1-4H3,(H,30,31)/b22-12-. The number of hydrogen-bond acceptors (Lipinski definition) is 6. The summed E-state index contributed by atoms with van der Waals surface area (Å²) in [6, 6.07) is 17.8. The van der Waals surface area contributed by atoms with E-state index in [0.29, 0.717) is 22.8 Å². The maximum Gasteiger partial charge on any atom is 0.343 e. The Morgan fingerprint density at radius 3 is 2.11 bits per heavy atom. The Balaban J connectivity index is 1.78. The van der Waals surface area contributed by atoms with E-state index in [-0.39, 0.29) is 12.2 Å². The molecule has 1 aliphatic carbocycles. The Morgan fingerprint density at radius 2 is 1.53 bits per heavy atom. The van der Waals surface area contributed by atoms with Crippen molar-refractivity contribution in [2.75, 3.05) is 21.3 Å². The molecular formula is C29H26O7. The lowest BCUT2D eigenvalue weighted by Crippen LogP contribution is -2.10. The van der Waals surface area contributed by atoms with Crippen molar-refractivity contribution in [1.82, 2.24) is 0 Å². The smallest absolute Gasteiger partial charge is 0.343 e. The van der Waals surface area contributed by atoms with Crippen molar-refractivity contribution < 1.29 is 33.6 Å². The lowest BCUT2D eigenvalue weighted by atomic mass is 10.00. The van der Waals surface area contributed by atoms with Gasteiger partial charge in [0.1, 0.15) is 5.75 Å². The molecule has 4 rings (SSSR count). The molecule has 1 N–H and O–H groups in total. The van der Waals surface area contributed by atoms with E-state index in [0.717, 1.165) is 33.4 Å². The van der Waals surface area contributed by atoms with Gasteiger partial charge in [0.05, 0.1) is 33.3 Å². The number of hydrogen-bond donors (Lipinski definition) is 1. The number of aliphatic carboxylic acids is 1. The van der Waals surface area contributed by atoms with E-state index in [2.05, 4.69) is 0 Å². The number of carboxylic acid groups (broad SMARTS) is 1. The van der Waals surface area contributed by atoms with Crippen molar-refractivity contribution in [3.8, 4) is 23.0 Å². The van der Waals surface area contributed by atoms with Crippen LogP contribution in [0.15, 0.2) is 66.2 Å². The number of esters is 1. The SMILES string of the molecule is COc1ccc2c(c1)C(CC(=O)O)=C(C)/C2=C/c1cc(OC)c(OC(=O)c2ccccc2)c(OC)c1. The predicted molar refractivity (Wildman–Crippen MR) is 137 cm³/mol. The molecule has 0 aromatic heterocycles. The number of allylic oxidation sites excluding steroid dienone is 2. The van der Waals surface area contributed by atoms with E-state index in [1.807, 2.05) is 37.3 Å². The first-order chi connectivity index (χ1) is 17.4. The largest absolute Gasteiger partial charge is 0.497 e. The van der Waals surface area contributed by atoms with Crippen LogP contribution in [0, 0.1) is 0 Å². The Bertz CT molecular complexity index is 1360. The highest BCUT2D eigenvalue weighted by Gasteiger charge is 2.26. The molecule has 0 saturated carbocycles. The normalized spacial score (nSPS) is 13.4. The molecule has 7 heteroatoms. The third-order valence-electron chi connectivity index (χ3n) is 6.02. The summed E-state index contributed by atoms with van der Waals surface area (Å²) in [5.74, 6) is 0.0306. The van der Waals surface area contributed by atoms with Gasteiger partial charge >= 0.3 is 11.9 Å². The number of fused-ring (bicyclic) bond motifs is 1. The van der Waals surface area contributed by atoms with E-state index in [1.54, 1.807) is 43.5 Å². The Labute approximate surface area is 209 Å². The average Bonchev–Trinajstić information content (AvgIpc) is 3.14. The molecular weight excluding hydrogens is 460 g/mol. The average molecular weight is 487 g/mol. The molecule has 1 aliphatic rings. The fourth-order valence-electron chi connectivity index (χ4n) is 4.24. The summed E-state index contributed by atoms with van der Waals surface area (Å²) in [5, 5.41) is 9.48. The number of carbonyl (C=O) groups is 2. The van der Waals surface area contributed by atoms with Gasteiger partial charge in [0.25, 0.3) is 0 Å². The lowest BCUT2D eigenvalue weighted by Gasteiger charge is -2.15. The predicted octanol–water partition coefficient (Wildman–Crippen LogP) is 5.73. The summed E-state index contributed by atoms with van der Waals surface area (Å²) >= 11 is 0. The highest BCUT2D eigenvalue weighted by Crippen LogP contribution is 2.46. The molecule has 0 spiro atoms. The van der Waals surface area contributed by atoms with Gasteiger partial charge < -0.3 is 24.1 Å². The molecule has 0 radical (unpaired) electrons. The Hall–Kier alpha value is -4.52. The number of carbonyl (C=O) groups excluding carboxylic acids is 1. The number of benzene rings is 3. The quantitative estimate of drug-likeness (QED) is 0.321. The van der Waals surface area contributed by atoms with Crippen molar-refractivity contribution in [3.05, 3.63) is 88.5 Å². The van der Waals surface area contributed by atoms with Gasteiger partial charge in [-0.3, -0.25) is 4.79 Å². The summed E-state index contributed by atoms with van der Waals surface area (Å²) in [6.07, 6.45) is 1.83. The monoisotopic (exact) mass is 486 g/mol. The van der Waals surface area contributed by atoms with Crippen LogP contribution in [0.3, 0.4) is 0 Å². The highest BCUT2D eigenvalue weighted by molar-refractivity contribution is 6.08. The second-order valence-electron chi connectivity index (χ2n) is 8.15. The number of rotatable bonds is 8. The van der Waals surface area contributed by atoms with Gasteiger partial charge in [-0.2, -0.15) is 0 Å². The van der Waals surface area contributed by atoms with Crippen LogP contribution in [0.1, 0.15) is 40.4 Å². The first-order valence-corrected chi connectivity index (χ1v) is 11.2. The molecule has 0 heterocycles. The first kappa shape index (κ1) is 24.6. The number of methoxy groups -OCH3 is 3. The fourth-order valence-corrected chi connectivity index (χ4v) is 4.24. The van der Waals surface area contributed by atoms with Crippen molar-refractivity contribution in [3.63, 3.8) is 0 Å². The zero-order valence-corrected chi connectivity index (χ0v) is 20.5. The van der Waals surface area contributed by atoms with Gasteiger partial charge in [-0.1, -0.05) is 24.3 Å². The molecule has 0 saturated heterocycles. The van der Waals surface area contributed by atoms with E-state index in [9.17, 15) is 14.7 Å². The van der Waals surface area contributed by atoms with E-state index in [1.165, 1.54) is 14.2 Å². The molecule has 3 aromatic carbocycles. The second kappa shape index (κ2) is 10.4. The third-order valence-corrected chi connectivity index (χ3v) is 6.02. The summed E-state index contributed by atoms with van der Waals surface area (Å²) < 4.78 is 22.1. The van der Waals surface area contributed by atoms with Crippen molar-refractivity contribution in [2.24, 2.45) is 0 Å². The minimum Gasteiger partial charge on any atom is -0.497 e. The van der Waals surface area contributed by atoms with Crippen LogP contribution in [0.2, 0.25) is 0 Å². The van der Waals surface area contributed by atoms with Crippen LogP contribution in [0.4, 0.5) is 0 Å². The summed E-state index contributed by atoms with van der Waals surface area (Å²) in [6.45, 7) is 1.90. The molecule has 0 unspecified atom stereocenters. The molecule has 3 aromatic rings. The van der Waals surface area contributed by atoms with Crippen LogP contribution >= 0.6 is 0 Å². The van der Waals surface area contributed by atoms with Crippen LogP contribution in [0.25, 0.3) is 17.2 Å². The van der Waals surface area contributed by atoms with Gasteiger partial charge in [0.2, 0.25) is 5.75 Å². The maximum atomic E-state index is 12.7. The van der Waals surface area contributed by atoms with Crippen molar-refractivity contribution in [1.29, 1.82) is 0 Å². The molecule has 0 amide bonds. The van der Waals surface area contributed by atoms with E-state index >= 15 is 0 Å². The van der Waals surface area contributed by atoms with Crippen LogP contribution in [-0.4, -0.2) is 38.4 Å². The zero-order chi connectivity index (χ0) is 25.8. The highest BCUT2D eigenvalue weighted by atomic mass is 16.6. The molecule has 0 fully saturated rings. The fraction of sp³-hybridized carbons (Fsp3) is 0.172. The number of carboxylic acids is 1. The third kappa shape index (κ3) is 4.81.